The van der Waals surface area contributed by atoms with Crippen LogP contribution in [0.1, 0.15) is 17.5 Å². The number of methoxy groups -OCH3 is 1. The fourth-order valence-electron chi connectivity index (χ4n) is 3.30. The highest BCUT2D eigenvalue weighted by atomic mass is 35.5. The molecule has 2 aromatic carbocycles. The minimum absolute atomic E-state index is 0.00217. The van der Waals surface area contributed by atoms with Gasteiger partial charge in [0.05, 0.1) is 24.1 Å². The maximum atomic E-state index is 12.5. The molecular formula is C19H20ClN3O5S. The molecule has 0 bridgehead atoms. The fraction of sp³-hybridized carbons (Fsp3) is 0.263. The van der Waals surface area contributed by atoms with Crippen molar-refractivity contribution in [3.8, 4) is 0 Å². The molecule has 0 aromatic heterocycles. The lowest BCUT2D eigenvalue weighted by Crippen LogP contribution is -2.36. The molecule has 1 heterocycles. The highest BCUT2D eigenvalue weighted by Crippen LogP contribution is 2.35. The largest absolute Gasteiger partial charge is 0.452 e. The number of benzene rings is 2. The van der Waals surface area contributed by atoms with Crippen LogP contribution in [0.4, 0.5) is 16.2 Å². The fourth-order valence-corrected chi connectivity index (χ4v) is 4.35. The summed E-state index contributed by atoms with van der Waals surface area (Å²) in [4.78, 5) is 25.8. The van der Waals surface area contributed by atoms with Gasteiger partial charge in [0.1, 0.15) is 0 Å². The predicted octanol–water partition coefficient (Wildman–Crippen LogP) is 2.69. The molecule has 3 rings (SSSR count). The van der Waals surface area contributed by atoms with Crippen LogP contribution in [0.3, 0.4) is 0 Å². The number of anilines is 2. The summed E-state index contributed by atoms with van der Waals surface area (Å²) in [6.45, 7) is 0.362. The lowest BCUT2D eigenvalue weighted by Gasteiger charge is -2.30. The minimum atomic E-state index is -4.08. The third-order valence-electron chi connectivity index (χ3n) is 4.58. The van der Waals surface area contributed by atoms with Crippen LogP contribution in [-0.2, 0) is 32.4 Å². The Hall–Kier alpha value is -2.62. The van der Waals surface area contributed by atoms with Crippen LogP contribution in [0.2, 0.25) is 5.02 Å². The second kappa shape index (κ2) is 8.40. The van der Waals surface area contributed by atoms with E-state index in [1.54, 1.807) is 30.3 Å². The molecule has 10 heteroatoms. The van der Waals surface area contributed by atoms with Gasteiger partial charge in [0.15, 0.2) is 0 Å². The van der Waals surface area contributed by atoms with Crippen LogP contribution in [0.15, 0.2) is 41.3 Å². The van der Waals surface area contributed by atoms with Crippen LogP contribution in [0, 0.1) is 0 Å². The van der Waals surface area contributed by atoms with Gasteiger partial charge in [0.25, 0.3) is 0 Å². The van der Waals surface area contributed by atoms with E-state index in [0.29, 0.717) is 41.2 Å². The third-order valence-corrected chi connectivity index (χ3v) is 5.92. The van der Waals surface area contributed by atoms with Gasteiger partial charge in [0.2, 0.25) is 15.9 Å². The van der Waals surface area contributed by atoms with E-state index in [4.69, 9.17) is 21.5 Å². The maximum absolute atomic E-state index is 12.5. The molecule has 154 valence electrons. The summed E-state index contributed by atoms with van der Waals surface area (Å²) in [5.41, 5.74) is 1.61. The number of nitrogens with zero attached hydrogens (tertiary/aromatic N) is 1. The first-order chi connectivity index (χ1) is 13.7. The van der Waals surface area contributed by atoms with E-state index in [-0.39, 0.29) is 22.9 Å². The minimum Gasteiger partial charge on any atom is -0.452 e. The molecule has 0 saturated carbocycles. The number of hydrogen-bond acceptors (Lipinski definition) is 5. The number of fused-ring (bicyclic) bond motifs is 1. The zero-order valence-corrected chi connectivity index (χ0v) is 17.2. The molecule has 0 aliphatic carbocycles. The van der Waals surface area contributed by atoms with E-state index in [1.165, 1.54) is 18.1 Å². The first-order valence-electron chi connectivity index (χ1n) is 8.79. The summed E-state index contributed by atoms with van der Waals surface area (Å²) in [6.07, 6.45) is 0.374. The third kappa shape index (κ3) is 4.69. The van der Waals surface area contributed by atoms with E-state index >= 15 is 0 Å². The van der Waals surface area contributed by atoms with Gasteiger partial charge >= 0.3 is 6.09 Å². The van der Waals surface area contributed by atoms with Gasteiger partial charge in [-0.1, -0.05) is 29.8 Å². The summed E-state index contributed by atoms with van der Waals surface area (Å²) in [6, 6.07) is 9.78. The van der Waals surface area contributed by atoms with Crippen molar-refractivity contribution in [3.05, 3.63) is 52.5 Å². The normalized spacial score (nSPS) is 13.6. The number of ether oxygens (including phenoxy) is 1. The number of primary sulfonamides is 1. The molecule has 29 heavy (non-hydrogen) atoms. The lowest BCUT2D eigenvalue weighted by atomic mass is 10.0. The summed E-state index contributed by atoms with van der Waals surface area (Å²) in [5, 5.41) is 8.50. The molecule has 1 aliphatic rings. The summed E-state index contributed by atoms with van der Waals surface area (Å²) in [5.74, 6) is -0.390. The number of amides is 2. The molecule has 0 saturated heterocycles. The smallest absolute Gasteiger partial charge is 0.414 e. The van der Waals surface area contributed by atoms with Crippen LogP contribution in [-0.4, -0.2) is 34.1 Å². The Morgan fingerprint density at radius 1 is 1.28 bits per heavy atom. The Kier molecular flexibility index (Phi) is 6.11. The van der Waals surface area contributed by atoms with Gasteiger partial charge in [-0.05, 0) is 42.2 Å². The summed E-state index contributed by atoms with van der Waals surface area (Å²) >= 11 is 6.09. The molecule has 0 atom stereocenters. The molecule has 8 nitrogen and oxygen atoms in total. The number of halogens is 1. The Bertz CT molecular complexity index is 1070. The van der Waals surface area contributed by atoms with Crippen LogP contribution >= 0.6 is 11.6 Å². The summed E-state index contributed by atoms with van der Waals surface area (Å²) in [7, 11) is -2.83. The molecular weight excluding hydrogens is 418 g/mol. The predicted molar refractivity (Wildman–Crippen MR) is 110 cm³/mol. The van der Waals surface area contributed by atoms with Crippen LogP contribution in [0.25, 0.3) is 0 Å². The van der Waals surface area contributed by atoms with Crippen molar-refractivity contribution in [2.75, 3.05) is 23.9 Å². The molecule has 0 spiro atoms. The zero-order chi connectivity index (χ0) is 21.2. The van der Waals surface area contributed by atoms with E-state index in [0.717, 1.165) is 0 Å². The van der Waals surface area contributed by atoms with Crippen molar-refractivity contribution in [2.24, 2.45) is 5.14 Å². The van der Waals surface area contributed by atoms with Crippen molar-refractivity contribution < 1.29 is 22.7 Å². The van der Waals surface area contributed by atoms with Gasteiger partial charge < -0.3 is 10.1 Å². The Labute approximate surface area is 173 Å². The first-order valence-corrected chi connectivity index (χ1v) is 10.7. The Morgan fingerprint density at radius 2 is 2.00 bits per heavy atom. The Balaban J connectivity index is 1.98. The number of carbonyl (C=O) groups excluding carboxylic acids is 2. The van der Waals surface area contributed by atoms with Crippen LogP contribution in [0.5, 0.6) is 0 Å². The monoisotopic (exact) mass is 437 g/mol. The van der Waals surface area contributed by atoms with Crippen molar-refractivity contribution >= 4 is 45.0 Å². The van der Waals surface area contributed by atoms with Crippen molar-refractivity contribution in [3.63, 3.8) is 0 Å². The number of nitrogens with two attached hydrogens (primary N) is 1. The number of nitrogens with one attached hydrogen (secondary N) is 1. The topological polar surface area (TPSA) is 119 Å². The highest BCUT2D eigenvalue weighted by molar-refractivity contribution is 7.89. The average molecular weight is 438 g/mol. The van der Waals surface area contributed by atoms with E-state index in [2.05, 4.69) is 5.32 Å². The lowest BCUT2D eigenvalue weighted by molar-refractivity contribution is -0.115. The zero-order valence-electron chi connectivity index (χ0n) is 15.6. The molecule has 0 unspecified atom stereocenters. The van der Waals surface area contributed by atoms with Gasteiger partial charge in [0, 0.05) is 17.3 Å². The molecule has 2 amide bonds. The van der Waals surface area contributed by atoms with Gasteiger partial charge in [-0.25, -0.2) is 18.4 Å². The number of rotatable bonds is 4. The van der Waals surface area contributed by atoms with Gasteiger partial charge in [-0.3, -0.25) is 9.69 Å². The van der Waals surface area contributed by atoms with Gasteiger partial charge in [-0.15, -0.1) is 0 Å². The SMILES string of the molecule is COC(=O)N1CCCc2c1cc(NC(=O)Cc1ccccc1Cl)cc2S(N)(=O)=O. The first kappa shape index (κ1) is 21.1. The maximum Gasteiger partial charge on any atom is 0.414 e. The van der Waals surface area contributed by atoms with Crippen molar-refractivity contribution in [1.82, 2.24) is 0 Å². The average Bonchev–Trinajstić information content (AvgIpc) is 2.67. The number of carbonyl (C=O) groups is 2. The molecule has 0 radical (unpaired) electrons. The standard InChI is InChI=1S/C19H20ClN3O5S/c1-28-19(25)23-8-4-6-14-16(23)10-13(11-17(14)29(21,26)27)22-18(24)9-12-5-2-3-7-15(12)20/h2-3,5,7,10-11H,4,6,8-9H2,1H3,(H,22,24)(H2,21,26,27). The molecule has 2 aromatic rings. The van der Waals surface area contributed by atoms with E-state index in [1.807, 2.05) is 0 Å². The van der Waals surface area contributed by atoms with Crippen molar-refractivity contribution in [2.45, 2.75) is 24.2 Å². The molecule has 0 fully saturated rings. The van der Waals surface area contributed by atoms with Crippen molar-refractivity contribution in [1.29, 1.82) is 0 Å². The summed E-state index contributed by atoms with van der Waals surface area (Å²) < 4.78 is 29.1. The highest BCUT2D eigenvalue weighted by Gasteiger charge is 2.29. The molecule has 1 aliphatic heterocycles. The Morgan fingerprint density at radius 3 is 2.66 bits per heavy atom. The second-order valence-electron chi connectivity index (χ2n) is 6.56. The van der Waals surface area contributed by atoms with Gasteiger partial charge in [-0.2, -0.15) is 0 Å². The van der Waals surface area contributed by atoms with Crippen LogP contribution < -0.4 is 15.4 Å². The number of hydrogen-bond donors (Lipinski definition) is 2. The van der Waals surface area contributed by atoms with E-state index < -0.39 is 16.1 Å². The second-order valence-corrected chi connectivity index (χ2v) is 8.50. The number of sulfonamides is 1. The molecule has 3 N–H and O–H groups in total. The quantitative estimate of drug-likeness (QED) is 0.762. The van der Waals surface area contributed by atoms with E-state index in [9.17, 15) is 18.0 Å².